The highest BCUT2D eigenvalue weighted by Gasteiger charge is 2.31. The van der Waals surface area contributed by atoms with Crippen molar-refractivity contribution in [2.24, 2.45) is 0 Å². The molecule has 1 amide bonds. The average Bonchev–Trinajstić information content (AvgIpc) is 2.98. The van der Waals surface area contributed by atoms with Gasteiger partial charge in [-0.25, -0.2) is 13.2 Å². The lowest BCUT2D eigenvalue weighted by atomic mass is 10.0. The Morgan fingerprint density at radius 1 is 1.15 bits per heavy atom. The van der Waals surface area contributed by atoms with Gasteiger partial charge in [-0.2, -0.15) is 0 Å². The molecule has 3 rings (SSSR count). The fourth-order valence-corrected chi connectivity index (χ4v) is 4.81. The van der Waals surface area contributed by atoms with E-state index >= 15 is 0 Å². The smallest absolute Gasteiger partial charge is 0.339 e. The van der Waals surface area contributed by atoms with Crippen molar-refractivity contribution in [3.63, 3.8) is 0 Å². The van der Waals surface area contributed by atoms with Gasteiger partial charge in [0.05, 0.1) is 24.2 Å². The van der Waals surface area contributed by atoms with Gasteiger partial charge in [0.25, 0.3) is 5.91 Å². The third kappa shape index (κ3) is 4.21. The summed E-state index contributed by atoms with van der Waals surface area (Å²) in [5, 5.41) is 4.06. The molecule has 1 heterocycles. The molecule has 2 aromatic rings. The zero-order chi connectivity index (χ0) is 19.6. The monoisotopic (exact) mass is 391 g/mol. The van der Waals surface area contributed by atoms with E-state index in [9.17, 15) is 18.0 Å². The van der Waals surface area contributed by atoms with Gasteiger partial charge in [-0.3, -0.25) is 4.79 Å². The van der Waals surface area contributed by atoms with E-state index in [0.717, 1.165) is 5.39 Å². The fraction of sp³-hybridized carbons (Fsp3) is 0.368. The Balaban J connectivity index is 1.72. The third-order valence-corrected chi connectivity index (χ3v) is 6.32. The van der Waals surface area contributed by atoms with Crippen molar-refractivity contribution in [2.75, 3.05) is 18.6 Å². The lowest BCUT2D eigenvalue weighted by Crippen LogP contribution is -2.42. The highest BCUT2D eigenvalue weighted by Crippen LogP contribution is 2.28. The zero-order valence-electron chi connectivity index (χ0n) is 15.1. The van der Waals surface area contributed by atoms with E-state index in [-0.39, 0.29) is 11.5 Å². The second-order valence-corrected chi connectivity index (χ2v) is 8.75. The van der Waals surface area contributed by atoms with E-state index in [0.29, 0.717) is 23.1 Å². The summed E-state index contributed by atoms with van der Waals surface area (Å²) in [6, 6.07) is 10.1. The van der Waals surface area contributed by atoms with E-state index in [1.807, 2.05) is 12.1 Å². The quantitative estimate of drug-likeness (QED) is 0.779. The molecule has 2 atom stereocenters. The standard InChI is InChI=1S/C19H21NO6S/c1-12(18(21)20-13-9-10-27(23,24)11-13)26-19(22)16-7-8-17(25-2)15-6-4-3-5-14(15)16/h3-8,12-13H,9-11H2,1-2H3,(H,20,21)/t12-,13+/m0/s1. The van der Waals surface area contributed by atoms with Crippen LogP contribution in [0, 0.1) is 0 Å². The molecule has 1 N–H and O–H groups in total. The van der Waals surface area contributed by atoms with Gasteiger partial charge in [-0.15, -0.1) is 0 Å². The van der Waals surface area contributed by atoms with Gasteiger partial charge in [-0.1, -0.05) is 24.3 Å². The first-order chi connectivity index (χ1) is 12.8. The van der Waals surface area contributed by atoms with Crippen molar-refractivity contribution in [3.05, 3.63) is 42.0 Å². The largest absolute Gasteiger partial charge is 0.496 e. The third-order valence-electron chi connectivity index (χ3n) is 4.56. The number of fused-ring (bicyclic) bond motifs is 1. The molecule has 2 aromatic carbocycles. The summed E-state index contributed by atoms with van der Waals surface area (Å²) in [7, 11) is -1.55. The molecule has 0 aliphatic carbocycles. The summed E-state index contributed by atoms with van der Waals surface area (Å²) < 4.78 is 33.6. The van der Waals surface area contributed by atoms with Crippen molar-refractivity contribution >= 4 is 32.5 Å². The van der Waals surface area contributed by atoms with Crippen LogP contribution in [0.3, 0.4) is 0 Å². The van der Waals surface area contributed by atoms with Crippen LogP contribution >= 0.6 is 0 Å². The lowest BCUT2D eigenvalue weighted by molar-refractivity contribution is -0.129. The molecule has 8 heteroatoms. The number of hydrogen-bond acceptors (Lipinski definition) is 6. The number of hydrogen-bond donors (Lipinski definition) is 1. The summed E-state index contributed by atoms with van der Waals surface area (Å²) in [5.74, 6) is -0.527. The van der Waals surface area contributed by atoms with Crippen LogP contribution in [0.15, 0.2) is 36.4 Å². The molecular formula is C19H21NO6S. The van der Waals surface area contributed by atoms with E-state index in [1.54, 1.807) is 31.4 Å². The van der Waals surface area contributed by atoms with Crippen molar-refractivity contribution < 1.29 is 27.5 Å². The topological polar surface area (TPSA) is 98.8 Å². The van der Waals surface area contributed by atoms with Crippen LogP contribution in [0.25, 0.3) is 10.8 Å². The number of carbonyl (C=O) groups is 2. The van der Waals surface area contributed by atoms with Gasteiger partial charge in [0, 0.05) is 11.4 Å². The Kier molecular flexibility index (Phi) is 5.36. The van der Waals surface area contributed by atoms with Crippen LogP contribution in [-0.4, -0.2) is 51.1 Å². The molecule has 0 bridgehead atoms. The maximum Gasteiger partial charge on any atom is 0.339 e. The van der Waals surface area contributed by atoms with Gasteiger partial charge < -0.3 is 14.8 Å². The molecule has 0 saturated carbocycles. The number of carbonyl (C=O) groups excluding carboxylic acids is 2. The van der Waals surface area contributed by atoms with Crippen molar-refractivity contribution in [1.29, 1.82) is 0 Å². The van der Waals surface area contributed by atoms with Gasteiger partial charge in [0.2, 0.25) is 0 Å². The number of benzene rings is 2. The van der Waals surface area contributed by atoms with Gasteiger partial charge in [0.1, 0.15) is 5.75 Å². The second-order valence-electron chi connectivity index (χ2n) is 6.52. The van der Waals surface area contributed by atoms with Crippen LogP contribution in [-0.2, 0) is 19.4 Å². The molecule has 1 fully saturated rings. The number of amides is 1. The fourth-order valence-electron chi connectivity index (χ4n) is 3.13. The summed E-state index contributed by atoms with van der Waals surface area (Å²) in [6.45, 7) is 1.46. The molecule has 7 nitrogen and oxygen atoms in total. The van der Waals surface area contributed by atoms with Gasteiger partial charge >= 0.3 is 5.97 Å². The van der Waals surface area contributed by atoms with Crippen molar-refractivity contribution in [1.82, 2.24) is 5.32 Å². The number of rotatable bonds is 5. The summed E-state index contributed by atoms with van der Waals surface area (Å²) >= 11 is 0. The normalized spacial score (nSPS) is 19.4. The summed E-state index contributed by atoms with van der Waals surface area (Å²) in [6.07, 6.45) is -0.667. The molecule has 1 aliphatic heterocycles. The van der Waals surface area contributed by atoms with Crippen LogP contribution in [0.5, 0.6) is 5.75 Å². The van der Waals surface area contributed by atoms with Crippen molar-refractivity contribution in [3.8, 4) is 5.75 Å². The molecule has 0 aromatic heterocycles. The molecule has 1 aliphatic rings. The van der Waals surface area contributed by atoms with E-state index < -0.39 is 33.9 Å². The number of sulfone groups is 1. The molecular weight excluding hydrogens is 370 g/mol. The number of ether oxygens (including phenoxy) is 2. The lowest BCUT2D eigenvalue weighted by Gasteiger charge is -2.17. The maximum atomic E-state index is 12.6. The molecule has 27 heavy (non-hydrogen) atoms. The Morgan fingerprint density at radius 2 is 1.85 bits per heavy atom. The predicted octanol–water partition coefficient (Wildman–Crippen LogP) is 1.70. The van der Waals surface area contributed by atoms with Gasteiger partial charge in [0.15, 0.2) is 15.9 Å². The van der Waals surface area contributed by atoms with Crippen LogP contribution in [0.1, 0.15) is 23.7 Å². The highest BCUT2D eigenvalue weighted by atomic mass is 32.2. The second kappa shape index (κ2) is 7.56. The van der Waals surface area contributed by atoms with Crippen LogP contribution < -0.4 is 10.1 Å². The van der Waals surface area contributed by atoms with Crippen LogP contribution in [0.2, 0.25) is 0 Å². The first-order valence-electron chi connectivity index (χ1n) is 8.58. The Labute approximate surface area is 157 Å². The zero-order valence-corrected chi connectivity index (χ0v) is 15.9. The van der Waals surface area contributed by atoms with Gasteiger partial charge in [-0.05, 0) is 30.9 Å². The molecule has 0 spiro atoms. The average molecular weight is 391 g/mol. The highest BCUT2D eigenvalue weighted by molar-refractivity contribution is 7.91. The molecule has 144 valence electrons. The summed E-state index contributed by atoms with van der Waals surface area (Å²) in [5.41, 5.74) is 0.328. The summed E-state index contributed by atoms with van der Waals surface area (Å²) in [4.78, 5) is 24.8. The number of methoxy groups -OCH3 is 1. The van der Waals surface area contributed by atoms with E-state index in [1.165, 1.54) is 6.92 Å². The minimum Gasteiger partial charge on any atom is -0.496 e. The number of nitrogens with one attached hydrogen (secondary N) is 1. The van der Waals surface area contributed by atoms with Crippen LogP contribution in [0.4, 0.5) is 0 Å². The minimum atomic E-state index is -3.10. The maximum absolute atomic E-state index is 12.6. The van der Waals surface area contributed by atoms with E-state index in [4.69, 9.17) is 9.47 Å². The molecule has 1 saturated heterocycles. The molecule has 0 unspecified atom stereocenters. The minimum absolute atomic E-state index is 0.0595. The Hall–Kier alpha value is -2.61. The first-order valence-corrected chi connectivity index (χ1v) is 10.4. The van der Waals surface area contributed by atoms with E-state index in [2.05, 4.69) is 5.32 Å². The van der Waals surface area contributed by atoms with Crippen molar-refractivity contribution in [2.45, 2.75) is 25.5 Å². The number of esters is 1. The predicted molar refractivity (Wildman–Crippen MR) is 101 cm³/mol. The SMILES string of the molecule is COc1ccc(C(=O)O[C@@H](C)C(=O)N[C@@H]2CCS(=O)(=O)C2)c2ccccc12. The first kappa shape index (κ1) is 19.2. The Bertz CT molecular complexity index is 985. The Morgan fingerprint density at radius 3 is 2.48 bits per heavy atom. The molecule has 0 radical (unpaired) electrons.